The molecule has 0 unspecified atom stereocenters. The fraction of sp³-hybridized carbons (Fsp3) is 0.318. The van der Waals surface area contributed by atoms with Crippen molar-refractivity contribution in [2.24, 2.45) is 0 Å². The summed E-state index contributed by atoms with van der Waals surface area (Å²) in [6.45, 7) is 1.59. The molecule has 0 radical (unpaired) electrons. The minimum atomic E-state index is -3.69. The zero-order valence-electron chi connectivity index (χ0n) is 16.3. The van der Waals surface area contributed by atoms with E-state index in [9.17, 15) is 13.2 Å². The Balaban J connectivity index is 1.53. The molecule has 7 nitrogen and oxygen atoms in total. The molecule has 1 N–H and O–H groups in total. The second-order valence-electron chi connectivity index (χ2n) is 7.11. The average molecular weight is 426 g/mol. The highest BCUT2D eigenvalue weighted by atomic mass is 32.2. The number of carbonyl (C=O) groups excluding carboxylic acids is 1. The normalized spacial score (nSPS) is 18.1. The third-order valence-corrected chi connectivity index (χ3v) is 6.66. The van der Waals surface area contributed by atoms with Gasteiger partial charge >= 0.3 is 0 Å². The molecule has 1 fully saturated rings. The van der Waals surface area contributed by atoms with E-state index in [0.717, 1.165) is 24.2 Å². The molecule has 1 saturated heterocycles. The molecule has 0 bridgehead atoms. The number of ether oxygens (including phenoxy) is 2. The van der Waals surface area contributed by atoms with Crippen LogP contribution in [0.2, 0.25) is 0 Å². The van der Waals surface area contributed by atoms with Crippen LogP contribution in [0.5, 0.6) is 11.5 Å². The summed E-state index contributed by atoms with van der Waals surface area (Å²) < 4.78 is 37.9. The van der Waals surface area contributed by atoms with E-state index in [1.165, 1.54) is 24.3 Å². The van der Waals surface area contributed by atoms with Crippen molar-refractivity contribution in [2.75, 3.05) is 26.3 Å². The Morgan fingerprint density at radius 1 is 1.13 bits per heavy atom. The van der Waals surface area contributed by atoms with E-state index in [4.69, 9.17) is 15.9 Å². The lowest BCUT2D eigenvalue weighted by molar-refractivity contribution is 0.0735. The van der Waals surface area contributed by atoms with Gasteiger partial charge in [-0.15, -0.1) is 6.42 Å². The van der Waals surface area contributed by atoms with E-state index in [2.05, 4.69) is 10.6 Å². The van der Waals surface area contributed by atoms with Crippen molar-refractivity contribution in [3.63, 3.8) is 0 Å². The van der Waals surface area contributed by atoms with Crippen LogP contribution >= 0.6 is 0 Å². The summed E-state index contributed by atoms with van der Waals surface area (Å²) in [4.78, 5) is 15.0. The summed E-state index contributed by atoms with van der Waals surface area (Å²) in [5, 5.41) is 0. The quantitative estimate of drug-likeness (QED) is 0.742. The smallest absolute Gasteiger partial charge is 0.254 e. The van der Waals surface area contributed by atoms with Crippen LogP contribution in [0.3, 0.4) is 0 Å². The van der Waals surface area contributed by atoms with Crippen LogP contribution in [0.1, 0.15) is 34.8 Å². The molecule has 0 spiro atoms. The zero-order chi connectivity index (χ0) is 21.1. The fourth-order valence-corrected chi connectivity index (χ4v) is 4.72. The molecular weight excluding hydrogens is 404 g/mol. The standard InChI is InChI=1S/C22H22N2O5S/c1-2-11-23-30(26,27)18-8-5-16(6-9-18)22(25)24-12-3-4-19(24)17-7-10-20-21(15-17)29-14-13-28-20/h1,5-10,15,19,23H,3-4,11-14H2/t19-/m1/s1. The lowest BCUT2D eigenvalue weighted by Gasteiger charge is -2.27. The van der Waals surface area contributed by atoms with Gasteiger partial charge in [0.1, 0.15) is 13.2 Å². The summed E-state index contributed by atoms with van der Waals surface area (Å²) in [5.74, 6) is 3.52. The van der Waals surface area contributed by atoms with E-state index in [-0.39, 0.29) is 23.4 Å². The number of likely N-dealkylation sites (tertiary alicyclic amines) is 1. The summed E-state index contributed by atoms with van der Waals surface area (Å²) in [6.07, 6.45) is 6.86. The molecule has 156 valence electrons. The third kappa shape index (κ3) is 3.99. The SMILES string of the molecule is C#CCNS(=O)(=O)c1ccc(C(=O)N2CCC[C@@H]2c2ccc3c(c2)OCCO3)cc1. The predicted octanol–water partition coefficient (Wildman–Crippen LogP) is 2.35. The van der Waals surface area contributed by atoms with E-state index < -0.39 is 10.0 Å². The zero-order valence-corrected chi connectivity index (χ0v) is 17.2. The number of hydrogen-bond acceptors (Lipinski definition) is 5. The number of amides is 1. The van der Waals surface area contributed by atoms with Gasteiger partial charge in [-0.2, -0.15) is 4.72 Å². The van der Waals surface area contributed by atoms with Gasteiger partial charge in [-0.3, -0.25) is 4.79 Å². The number of rotatable bonds is 5. The van der Waals surface area contributed by atoms with Gasteiger partial charge in [0.05, 0.1) is 17.5 Å². The van der Waals surface area contributed by atoms with Crippen molar-refractivity contribution < 1.29 is 22.7 Å². The van der Waals surface area contributed by atoms with E-state index in [1.54, 1.807) is 0 Å². The van der Waals surface area contributed by atoms with Crippen LogP contribution < -0.4 is 14.2 Å². The topological polar surface area (TPSA) is 84.9 Å². The van der Waals surface area contributed by atoms with Crippen molar-refractivity contribution in [1.82, 2.24) is 9.62 Å². The van der Waals surface area contributed by atoms with Crippen LogP contribution in [0.4, 0.5) is 0 Å². The summed E-state index contributed by atoms with van der Waals surface area (Å²) in [5.41, 5.74) is 1.44. The van der Waals surface area contributed by atoms with Crippen LogP contribution in [0.25, 0.3) is 0 Å². The number of carbonyl (C=O) groups is 1. The van der Waals surface area contributed by atoms with Crippen molar-refractivity contribution >= 4 is 15.9 Å². The number of fused-ring (bicyclic) bond motifs is 1. The number of terminal acetylenes is 1. The molecule has 2 aromatic carbocycles. The Labute approximate surface area is 176 Å². The molecule has 0 aromatic heterocycles. The van der Waals surface area contributed by atoms with Gasteiger partial charge < -0.3 is 14.4 Å². The Kier molecular flexibility index (Phi) is 5.66. The van der Waals surface area contributed by atoms with Gasteiger partial charge in [-0.05, 0) is 54.8 Å². The first-order chi connectivity index (χ1) is 14.5. The van der Waals surface area contributed by atoms with Crippen molar-refractivity contribution in [2.45, 2.75) is 23.8 Å². The molecule has 0 saturated carbocycles. The highest BCUT2D eigenvalue weighted by Crippen LogP contribution is 2.38. The minimum Gasteiger partial charge on any atom is -0.486 e. The minimum absolute atomic E-state index is 0.0611. The lowest BCUT2D eigenvalue weighted by Crippen LogP contribution is -2.30. The van der Waals surface area contributed by atoms with Gasteiger partial charge in [0.25, 0.3) is 5.91 Å². The number of benzene rings is 2. The first-order valence-corrected chi connectivity index (χ1v) is 11.2. The first kappa shape index (κ1) is 20.3. The maximum Gasteiger partial charge on any atom is 0.254 e. The third-order valence-electron chi connectivity index (χ3n) is 5.24. The van der Waals surface area contributed by atoms with Crippen molar-refractivity contribution in [3.8, 4) is 23.8 Å². The molecule has 2 heterocycles. The van der Waals surface area contributed by atoms with E-state index >= 15 is 0 Å². The first-order valence-electron chi connectivity index (χ1n) is 9.73. The van der Waals surface area contributed by atoms with Gasteiger partial charge in [0.2, 0.25) is 10.0 Å². The average Bonchev–Trinajstić information content (AvgIpc) is 3.27. The summed E-state index contributed by atoms with van der Waals surface area (Å²) in [6, 6.07) is 11.6. The Bertz CT molecular complexity index is 1090. The maximum atomic E-state index is 13.1. The van der Waals surface area contributed by atoms with Crippen LogP contribution in [-0.2, 0) is 10.0 Å². The van der Waals surface area contributed by atoms with Crippen LogP contribution in [-0.4, -0.2) is 45.5 Å². The molecule has 0 aliphatic carbocycles. The molecule has 2 aromatic rings. The maximum absolute atomic E-state index is 13.1. The van der Waals surface area contributed by atoms with Crippen LogP contribution in [0, 0.1) is 12.3 Å². The molecule has 1 atom stereocenters. The van der Waals surface area contributed by atoms with E-state index in [0.29, 0.717) is 31.1 Å². The van der Waals surface area contributed by atoms with Gasteiger partial charge in [-0.25, -0.2) is 8.42 Å². The largest absolute Gasteiger partial charge is 0.486 e. The molecule has 2 aliphatic heterocycles. The molecule has 1 amide bonds. The highest BCUT2D eigenvalue weighted by Gasteiger charge is 2.31. The number of sulfonamides is 1. The second-order valence-corrected chi connectivity index (χ2v) is 8.88. The van der Waals surface area contributed by atoms with Crippen molar-refractivity contribution in [3.05, 3.63) is 53.6 Å². The van der Waals surface area contributed by atoms with Gasteiger partial charge in [0.15, 0.2) is 11.5 Å². The predicted molar refractivity (Wildman–Crippen MR) is 111 cm³/mol. The van der Waals surface area contributed by atoms with Crippen LogP contribution in [0.15, 0.2) is 47.4 Å². The molecule has 30 heavy (non-hydrogen) atoms. The highest BCUT2D eigenvalue weighted by molar-refractivity contribution is 7.89. The van der Waals surface area contributed by atoms with Gasteiger partial charge in [0, 0.05) is 12.1 Å². The lowest BCUT2D eigenvalue weighted by atomic mass is 10.0. The monoisotopic (exact) mass is 426 g/mol. The summed E-state index contributed by atoms with van der Waals surface area (Å²) in [7, 11) is -3.69. The Morgan fingerprint density at radius 3 is 2.60 bits per heavy atom. The van der Waals surface area contributed by atoms with E-state index in [1.807, 2.05) is 23.1 Å². The molecule has 4 rings (SSSR count). The molecule has 8 heteroatoms. The van der Waals surface area contributed by atoms with Crippen molar-refractivity contribution in [1.29, 1.82) is 0 Å². The Hall–Kier alpha value is -3.02. The Morgan fingerprint density at radius 2 is 1.87 bits per heavy atom. The van der Waals surface area contributed by atoms with Gasteiger partial charge in [-0.1, -0.05) is 12.0 Å². The fourth-order valence-electron chi connectivity index (χ4n) is 3.79. The second kappa shape index (κ2) is 8.38. The summed E-state index contributed by atoms with van der Waals surface area (Å²) >= 11 is 0. The molecule has 2 aliphatic rings. The number of hydrogen-bond donors (Lipinski definition) is 1. The number of nitrogens with one attached hydrogen (secondary N) is 1. The molecular formula is C22H22N2O5S. The number of nitrogens with zero attached hydrogens (tertiary/aromatic N) is 1.